The second-order valence-corrected chi connectivity index (χ2v) is 5.47. The van der Waals surface area contributed by atoms with Gasteiger partial charge in [0.15, 0.2) is 0 Å². The van der Waals surface area contributed by atoms with Crippen LogP contribution in [0.4, 0.5) is 5.69 Å². The smallest absolute Gasteiger partial charge is 0.246 e. The van der Waals surface area contributed by atoms with E-state index in [1.54, 1.807) is 6.08 Å². The van der Waals surface area contributed by atoms with Gasteiger partial charge in [-0.15, -0.1) is 0 Å². The van der Waals surface area contributed by atoms with Crippen LogP contribution in [0.3, 0.4) is 0 Å². The Kier molecular flexibility index (Phi) is 5.22. The van der Waals surface area contributed by atoms with Crippen LogP contribution in [0.25, 0.3) is 6.08 Å². The molecule has 1 aromatic carbocycles. The fourth-order valence-corrected chi connectivity index (χ4v) is 2.79. The number of piperidine rings is 1. The van der Waals surface area contributed by atoms with Gasteiger partial charge in [0.2, 0.25) is 5.91 Å². The Labute approximate surface area is 121 Å². The summed E-state index contributed by atoms with van der Waals surface area (Å²) in [5.74, 6) is 0.139. The van der Waals surface area contributed by atoms with Gasteiger partial charge in [0.25, 0.3) is 0 Å². The molecule has 0 aromatic heterocycles. The zero-order chi connectivity index (χ0) is 14.4. The van der Waals surface area contributed by atoms with Crippen molar-refractivity contribution in [3.8, 4) is 0 Å². The molecule has 1 fully saturated rings. The number of amides is 1. The standard InChI is InChI=1S/C17H24N2O/c1-2-5-16-6-3-4-13-19(16)17(20)12-9-14-7-10-15(18)11-8-14/h7-12,16H,2-6,13,18H2,1H3/b12-9+. The second-order valence-electron chi connectivity index (χ2n) is 5.47. The fraction of sp³-hybridized carbons (Fsp3) is 0.471. The van der Waals surface area contributed by atoms with Gasteiger partial charge in [-0.25, -0.2) is 0 Å². The fourth-order valence-electron chi connectivity index (χ4n) is 2.79. The zero-order valence-electron chi connectivity index (χ0n) is 12.2. The van der Waals surface area contributed by atoms with Crippen LogP contribution in [0.5, 0.6) is 0 Å². The van der Waals surface area contributed by atoms with E-state index in [1.807, 2.05) is 35.2 Å². The van der Waals surface area contributed by atoms with Gasteiger partial charge in [-0.3, -0.25) is 4.79 Å². The van der Waals surface area contributed by atoms with Gasteiger partial charge in [0.05, 0.1) is 0 Å². The summed E-state index contributed by atoms with van der Waals surface area (Å²) in [4.78, 5) is 14.4. The molecular formula is C17H24N2O. The van der Waals surface area contributed by atoms with E-state index >= 15 is 0 Å². The van der Waals surface area contributed by atoms with Crippen molar-refractivity contribution in [2.75, 3.05) is 12.3 Å². The Balaban J connectivity index is 2.00. The van der Waals surface area contributed by atoms with Crippen molar-refractivity contribution in [3.63, 3.8) is 0 Å². The normalized spacial score (nSPS) is 19.4. The topological polar surface area (TPSA) is 46.3 Å². The molecular weight excluding hydrogens is 248 g/mol. The average molecular weight is 272 g/mol. The third-order valence-electron chi connectivity index (χ3n) is 3.89. The quantitative estimate of drug-likeness (QED) is 0.674. The number of benzene rings is 1. The first-order valence-corrected chi connectivity index (χ1v) is 7.55. The third kappa shape index (κ3) is 3.86. The van der Waals surface area contributed by atoms with Crippen LogP contribution in [-0.2, 0) is 4.79 Å². The molecule has 1 aliphatic heterocycles. The van der Waals surface area contributed by atoms with Gasteiger partial charge in [0.1, 0.15) is 0 Å². The van der Waals surface area contributed by atoms with Crippen molar-refractivity contribution in [2.24, 2.45) is 0 Å². The maximum atomic E-state index is 12.3. The number of anilines is 1. The number of nitrogens with zero attached hydrogens (tertiary/aromatic N) is 1. The first kappa shape index (κ1) is 14.6. The number of hydrogen-bond acceptors (Lipinski definition) is 2. The lowest BCUT2D eigenvalue weighted by molar-refractivity contribution is -0.129. The molecule has 1 saturated heterocycles. The van der Waals surface area contributed by atoms with Gasteiger partial charge in [-0.05, 0) is 49.5 Å². The Morgan fingerprint density at radius 1 is 1.35 bits per heavy atom. The van der Waals surface area contributed by atoms with Crippen LogP contribution >= 0.6 is 0 Å². The van der Waals surface area contributed by atoms with Crippen molar-refractivity contribution in [1.29, 1.82) is 0 Å². The lowest BCUT2D eigenvalue weighted by atomic mass is 9.98. The summed E-state index contributed by atoms with van der Waals surface area (Å²) < 4.78 is 0. The highest BCUT2D eigenvalue weighted by molar-refractivity contribution is 5.92. The van der Waals surface area contributed by atoms with Gasteiger partial charge in [-0.1, -0.05) is 25.5 Å². The van der Waals surface area contributed by atoms with Crippen molar-refractivity contribution >= 4 is 17.7 Å². The number of carbonyl (C=O) groups is 1. The van der Waals surface area contributed by atoms with E-state index in [9.17, 15) is 4.79 Å². The van der Waals surface area contributed by atoms with Crippen LogP contribution in [0.2, 0.25) is 0 Å². The summed E-state index contributed by atoms with van der Waals surface area (Å²) >= 11 is 0. The molecule has 2 N–H and O–H groups in total. The van der Waals surface area contributed by atoms with Crippen LogP contribution in [0, 0.1) is 0 Å². The molecule has 0 aliphatic carbocycles. The number of nitrogens with two attached hydrogens (primary N) is 1. The van der Waals surface area contributed by atoms with E-state index in [-0.39, 0.29) is 5.91 Å². The summed E-state index contributed by atoms with van der Waals surface area (Å²) in [5.41, 5.74) is 7.41. The Morgan fingerprint density at radius 3 is 2.80 bits per heavy atom. The minimum Gasteiger partial charge on any atom is -0.399 e. The Morgan fingerprint density at radius 2 is 2.10 bits per heavy atom. The van der Waals surface area contributed by atoms with Crippen molar-refractivity contribution in [2.45, 2.75) is 45.1 Å². The van der Waals surface area contributed by atoms with E-state index in [1.165, 1.54) is 6.42 Å². The number of nitrogen functional groups attached to an aromatic ring is 1. The molecule has 0 spiro atoms. The highest BCUT2D eigenvalue weighted by Gasteiger charge is 2.24. The predicted octanol–water partition coefficient (Wildman–Crippen LogP) is 3.46. The lowest BCUT2D eigenvalue weighted by Gasteiger charge is -2.35. The molecule has 1 aliphatic rings. The predicted molar refractivity (Wildman–Crippen MR) is 84.1 cm³/mol. The number of carbonyl (C=O) groups excluding carboxylic acids is 1. The van der Waals surface area contributed by atoms with Crippen molar-refractivity contribution in [3.05, 3.63) is 35.9 Å². The van der Waals surface area contributed by atoms with Gasteiger partial charge >= 0.3 is 0 Å². The van der Waals surface area contributed by atoms with Crippen LogP contribution in [0.15, 0.2) is 30.3 Å². The molecule has 3 heteroatoms. The maximum absolute atomic E-state index is 12.3. The molecule has 1 heterocycles. The lowest BCUT2D eigenvalue weighted by Crippen LogP contribution is -2.42. The Bertz CT molecular complexity index is 462. The highest BCUT2D eigenvalue weighted by Crippen LogP contribution is 2.21. The molecule has 0 saturated carbocycles. The van der Waals surface area contributed by atoms with Crippen LogP contribution < -0.4 is 5.73 Å². The van der Waals surface area contributed by atoms with Gasteiger partial charge in [-0.2, -0.15) is 0 Å². The van der Waals surface area contributed by atoms with E-state index < -0.39 is 0 Å². The molecule has 0 bridgehead atoms. The average Bonchev–Trinajstić information content (AvgIpc) is 2.47. The van der Waals surface area contributed by atoms with Crippen molar-refractivity contribution in [1.82, 2.24) is 4.90 Å². The third-order valence-corrected chi connectivity index (χ3v) is 3.89. The largest absolute Gasteiger partial charge is 0.399 e. The molecule has 1 unspecified atom stereocenters. The summed E-state index contributed by atoms with van der Waals surface area (Å²) in [6.07, 6.45) is 9.34. The number of hydrogen-bond donors (Lipinski definition) is 1. The molecule has 108 valence electrons. The van der Waals surface area contributed by atoms with E-state index in [2.05, 4.69) is 6.92 Å². The first-order valence-electron chi connectivity index (χ1n) is 7.55. The molecule has 1 atom stereocenters. The highest BCUT2D eigenvalue weighted by atomic mass is 16.2. The minimum absolute atomic E-state index is 0.139. The molecule has 3 nitrogen and oxygen atoms in total. The van der Waals surface area contributed by atoms with E-state index in [4.69, 9.17) is 5.73 Å². The summed E-state index contributed by atoms with van der Waals surface area (Å²) in [5, 5.41) is 0. The molecule has 0 radical (unpaired) electrons. The van der Waals surface area contributed by atoms with Crippen LogP contribution in [-0.4, -0.2) is 23.4 Å². The number of likely N-dealkylation sites (tertiary alicyclic amines) is 1. The molecule has 1 amide bonds. The first-order chi connectivity index (χ1) is 9.70. The monoisotopic (exact) mass is 272 g/mol. The summed E-state index contributed by atoms with van der Waals surface area (Å²) in [6, 6.07) is 7.99. The van der Waals surface area contributed by atoms with E-state index in [0.29, 0.717) is 6.04 Å². The maximum Gasteiger partial charge on any atom is 0.246 e. The SMILES string of the molecule is CCCC1CCCCN1C(=O)/C=C/c1ccc(N)cc1. The summed E-state index contributed by atoms with van der Waals surface area (Å²) in [6.45, 7) is 3.08. The van der Waals surface area contributed by atoms with Crippen molar-refractivity contribution < 1.29 is 4.79 Å². The molecule has 2 rings (SSSR count). The Hall–Kier alpha value is -1.77. The van der Waals surface area contributed by atoms with E-state index in [0.717, 1.165) is 43.5 Å². The van der Waals surface area contributed by atoms with Gasteiger partial charge < -0.3 is 10.6 Å². The van der Waals surface area contributed by atoms with Gasteiger partial charge in [0, 0.05) is 24.4 Å². The second kappa shape index (κ2) is 7.13. The summed E-state index contributed by atoms with van der Waals surface area (Å²) in [7, 11) is 0. The molecule has 1 aromatic rings. The number of rotatable bonds is 4. The zero-order valence-corrected chi connectivity index (χ0v) is 12.2. The molecule has 20 heavy (non-hydrogen) atoms. The minimum atomic E-state index is 0.139. The van der Waals surface area contributed by atoms with Crippen LogP contribution in [0.1, 0.15) is 44.6 Å².